The Morgan fingerprint density at radius 3 is 2.36 bits per heavy atom. The lowest BCUT2D eigenvalue weighted by atomic mass is 9.86. The zero-order chi connectivity index (χ0) is 14.8. The predicted molar refractivity (Wildman–Crippen MR) is 96.6 cm³/mol. The molecule has 2 aromatic rings. The molecule has 4 rings (SSSR count). The molecule has 1 unspecified atom stereocenters. The summed E-state index contributed by atoms with van der Waals surface area (Å²) in [6, 6.07) is 21.6. The van der Waals surface area contributed by atoms with Crippen LogP contribution in [-0.2, 0) is 0 Å². The van der Waals surface area contributed by atoms with Crippen molar-refractivity contribution < 1.29 is 0 Å². The van der Waals surface area contributed by atoms with E-state index in [0.717, 1.165) is 6.42 Å². The molecule has 1 atom stereocenters. The lowest BCUT2D eigenvalue weighted by Gasteiger charge is -2.28. The summed E-state index contributed by atoms with van der Waals surface area (Å²) in [6.07, 6.45) is 9.42. The summed E-state index contributed by atoms with van der Waals surface area (Å²) >= 11 is 1.96. The molecule has 2 aromatic carbocycles. The van der Waals surface area contributed by atoms with E-state index in [2.05, 4.69) is 78.9 Å². The molecule has 0 nitrogen and oxygen atoms in total. The van der Waals surface area contributed by atoms with Gasteiger partial charge in [-0.15, -0.1) is 0 Å². The lowest BCUT2D eigenvalue weighted by molar-refractivity contribution is 0.931. The Morgan fingerprint density at radius 1 is 0.864 bits per heavy atom. The van der Waals surface area contributed by atoms with Gasteiger partial charge in [0.25, 0.3) is 0 Å². The third kappa shape index (κ3) is 2.57. The summed E-state index contributed by atoms with van der Waals surface area (Å²) in [5, 5.41) is 0. The minimum Gasteiger partial charge on any atom is -0.0939 e. The van der Waals surface area contributed by atoms with Crippen LogP contribution in [0, 0.1) is 0 Å². The second-order valence-electron chi connectivity index (χ2n) is 5.71. The molecule has 0 fully saturated rings. The van der Waals surface area contributed by atoms with Crippen LogP contribution in [0.2, 0.25) is 0 Å². The smallest absolute Gasteiger partial charge is 0.0291 e. The second-order valence-corrected chi connectivity index (χ2v) is 6.84. The fraction of sp³-hybridized carbons (Fsp3) is 0.143. The normalized spacial score (nSPS) is 20.5. The largest absolute Gasteiger partial charge is 0.0939 e. The molecular weight excluding hydrogens is 284 g/mol. The summed E-state index contributed by atoms with van der Waals surface area (Å²) in [6.45, 7) is 0. The van der Waals surface area contributed by atoms with E-state index in [4.69, 9.17) is 0 Å². The maximum absolute atomic E-state index is 2.43. The van der Waals surface area contributed by atoms with Gasteiger partial charge in [-0.05, 0) is 34.4 Å². The monoisotopic (exact) mass is 302 g/mol. The fourth-order valence-electron chi connectivity index (χ4n) is 3.15. The fourth-order valence-corrected chi connectivity index (χ4v) is 4.41. The van der Waals surface area contributed by atoms with Gasteiger partial charge in [0.1, 0.15) is 0 Å². The molecule has 0 radical (unpaired) electrons. The molecular formula is C21H18S. The van der Waals surface area contributed by atoms with Crippen LogP contribution in [0.4, 0.5) is 0 Å². The van der Waals surface area contributed by atoms with Gasteiger partial charge in [-0.2, -0.15) is 0 Å². The number of benzene rings is 2. The van der Waals surface area contributed by atoms with Gasteiger partial charge in [0.2, 0.25) is 0 Å². The van der Waals surface area contributed by atoms with Crippen molar-refractivity contribution in [1.82, 2.24) is 0 Å². The van der Waals surface area contributed by atoms with Gasteiger partial charge in [-0.3, -0.25) is 0 Å². The molecule has 0 N–H and O–H groups in total. The molecule has 22 heavy (non-hydrogen) atoms. The number of rotatable bonds is 2. The van der Waals surface area contributed by atoms with Crippen LogP contribution < -0.4 is 0 Å². The van der Waals surface area contributed by atoms with Crippen molar-refractivity contribution in [2.24, 2.45) is 0 Å². The predicted octanol–water partition coefficient (Wildman–Crippen LogP) is 6.16. The molecule has 1 heterocycles. The van der Waals surface area contributed by atoms with Gasteiger partial charge in [0.05, 0.1) is 0 Å². The van der Waals surface area contributed by atoms with E-state index in [0.29, 0.717) is 5.92 Å². The van der Waals surface area contributed by atoms with Crippen molar-refractivity contribution in [3.8, 4) is 0 Å². The molecule has 108 valence electrons. The van der Waals surface area contributed by atoms with Crippen LogP contribution in [0.5, 0.6) is 0 Å². The van der Waals surface area contributed by atoms with Crippen molar-refractivity contribution in [3.05, 3.63) is 100 Å². The topological polar surface area (TPSA) is 0 Å². The van der Waals surface area contributed by atoms with Crippen LogP contribution in [0.3, 0.4) is 0 Å². The summed E-state index contributed by atoms with van der Waals surface area (Å²) in [4.78, 5) is 2.93. The second kappa shape index (κ2) is 6.02. The highest BCUT2D eigenvalue weighted by Gasteiger charge is 2.25. The van der Waals surface area contributed by atoms with Gasteiger partial charge in [0, 0.05) is 10.8 Å². The molecule has 1 heteroatoms. The molecule has 0 spiro atoms. The SMILES string of the molecule is C1=CC2=C(CC1)SC(c1ccccc1)=CC2c1ccccc1. The molecule has 1 aliphatic carbocycles. The standard InChI is InChI=1S/C21H18S/c1-3-9-16(10-4-1)19-15-21(17-11-5-2-6-12-17)22-20-14-8-7-13-18(19)20/h1-7,9-13,15,19H,8,14H2. The number of allylic oxidation sites excluding steroid dienone is 5. The van der Waals surface area contributed by atoms with E-state index in [-0.39, 0.29) is 0 Å². The van der Waals surface area contributed by atoms with E-state index < -0.39 is 0 Å². The lowest BCUT2D eigenvalue weighted by Crippen LogP contribution is -2.07. The Bertz CT molecular complexity index is 751. The van der Waals surface area contributed by atoms with Gasteiger partial charge in [0.15, 0.2) is 0 Å². The number of thioether (sulfide) groups is 1. The maximum atomic E-state index is 2.43. The van der Waals surface area contributed by atoms with E-state index >= 15 is 0 Å². The van der Waals surface area contributed by atoms with Crippen LogP contribution in [0.25, 0.3) is 4.91 Å². The highest BCUT2D eigenvalue weighted by Crippen LogP contribution is 2.49. The van der Waals surface area contributed by atoms with Crippen molar-refractivity contribution in [3.63, 3.8) is 0 Å². The number of hydrogen-bond donors (Lipinski definition) is 0. The molecule has 0 amide bonds. The average molecular weight is 302 g/mol. The van der Waals surface area contributed by atoms with Crippen LogP contribution in [0.1, 0.15) is 29.9 Å². The Labute approximate surface area is 136 Å². The van der Waals surface area contributed by atoms with Gasteiger partial charge in [-0.25, -0.2) is 0 Å². The Hall–Kier alpha value is -1.99. The maximum Gasteiger partial charge on any atom is 0.0291 e. The third-order valence-corrected chi connectivity index (χ3v) is 5.54. The van der Waals surface area contributed by atoms with Crippen LogP contribution in [-0.4, -0.2) is 0 Å². The summed E-state index contributed by atoms with van der Waals surface area (Å²) in [5.74, 6) is 0.379. The minimum atomic E-state index is 0.379. The highest BCUT2D eigenvalue weighted by atomic mass is 32.2. The Morgan fingerprint density at radius 2 is 1.59 bits per heavy atom. The third-order valence-electron chi connectivity index (χ3n) is 4.26. The van der Waals surface area contributed by atoms with Gasteiger partial charge >= 0.3 is 0 Å². The van der Waals surface area contributed by atoms with Crippen molar-refractivity contribution in [1.29, 1.82) is 0 Å². The Kier molecular flexibility index (Phi) is 3.74. The first-order chi connectivity index (χ1) is 10.9. The molecule has 0 saturated carbocycles. The van der Waals surface area contributed by atoms with E-state index in [1.165, 1.54) is 32.9 Å². The van der Waals surface area contributed by atoms with Gasteiger partial charge in [-0.1, -0.05) is 90.7 Å². The zero-order valence-electron chi connectivity index (χ0n) is 12.4. The van der Waals surface area contributed by atoms with Crippen molar-refractivity contribution in [2.45, 2.75) is 18.8 Å². The van der Waals surface area contributed by atoms with Crippen molar-refractivity contribution in [2.75, 3.05) is 0 Å². The molecule has 0 bridgehead atoms. The quantitative estimate of drug-likeness (QED) is 0.640. The molecule has 0 saturated heterocycles. The highest BCUT2D eigenvalue weighted by molar-refractivity contribution is 8.11. The van der Waals surface area contributed by atoms with Crippen molar-refractivity contribution >= 4 is 16.7 Å². The van der Waals surface area contributed by atoms with Gasteiger partial charge < -0.3 is 0 Å². The van der Waals surface area contributed by atoms with Crippen LogP contribution in [0.15, 0.2) is 89.4 Å². The van der Waals surface area contributed by atoms with E-state index in [1.807, 2.05) is 11.8 Å². The Balaban J connectivity index is 1.80. The summed E-state index contributed by atoms with van der Waals surface area (Å²) in [5.41, 5.74) is 4.20. The molecule has 1 aliphatic heterocycles. The zero-order valence-corrected chi connectivity index (χ0v) is 13.2. The van der Waals surface area contributed by atoms with Crippen LogP contribution >= 0.6 is 11.8 Å². The molecule has 2 aliphatic rings. The van der Waals surface area contributed by atoms with E-state index in [9.17, 15) is 0 Å². The minimum absolute atomic E-state index is 0.379. The van der Waals surface area contributed by atoms with E-state index in [1.54, 1.807) is 0 Å². The first-order valence-corrected chi connectivity index (χ1v) is 8.63. The first-order valence-electron chi connectivity index (χ1n) is 7.81. The average Bonchev–Trinajstić information content (AvgIpc) is 2.62. The summed E-state index contributed by atoms with van der Waals surface area (Å²) in [7, 11) is 0. The summed E-state index contributed by atoms with van der Waals surface area (Å²) < 4.78 is 0. The first kappa shape index (κ1) is 13.7. The molecule has 0 aromatic heterocycles. The number of hydrogen-bond acceptors (Lipinski definition) is 1.